The first kappa shape index (κ1) is 19.9. The smallest absolute Gasteiger partial charge is 0.152 e. The maximum atomic E-state index is 6.23. The SMILES string of the molecule is [Ir].[c-]1ccc(-c2ccc3c(c2)c2cccc4c2n3-c2ccccc2O4)cc1-c1ccccn1. The summed E-state index contributed by atoms with van der Waals surface area (Å²) in [7, 11) is 0. The van der Waals surface area contributed by atoms with Crippen molar-refractivity contribution >= 4 is 21.8 Å². The molecule has 2 aromatic heterocycles. The van der Waals surface area contributed by atoms with Gasteiger partial charge < -0.3 is 14.3 Å². The molecule has 1 aliphatic heterocycles. The van der Waals surface area contributed by atoms with Crippen molar-refractivity contribution in [2.24, 2.45) is 0 Å². The number of pyridine rings is 1. The van der Waals surface area contributed by atoms with Crippen molar-refractivity contribution < 1.29 is 24.8 Å². The fourth-order valence-corrected chi connectivity index (χ4v) is 4.71. The Morgan fingerprint density at radius 3 is 2.48 bits per heavy atom. The van der Waals surface area contributed by atoms with E-state index in [4.69, 9.17) is 4.74 Å². The van der Waals surface area contributed by atoms with Gasteiger partial charge in [-0.15, -0.1) is 35.4 Å². The van der Waals surface area contributed by atoms with Crippen LogP contribution in [0.1, 0.15) is 0 Å². The quantitative estimate of drug-likeness (QED) is 0.193. The van der Waals surface area contributed by atoms with E-state index in [2.05, 4.69) is 70.2 Å². The van der Waals surface area contributed by atoms with Crippen molar-refractivity contribution in [3.63, 3.8) is 0 Å². The molecule has 0 aliphatic carbocycles. The molecule has 0 unspecified atom stereocenters. The number of para-hydroxylation sites is 3. The van der Waals surface area contributed by atoms with Gasteiger partial charge in [-0.3, -0.25) is 0 Å². The summed E-state index contributed by atoms with van der Waals surface area (Å²) in [6.07, 6.45) is 1.82. The number of hydrogen-bond donors (Lipinski definition) is 0. The van der Waals surface area contributed by atoms with Gasteiger partial charge in [-0.1, -0.05) is 42.5 Å². The minimum Gasteiger partial charge on any atom is -0.453 e. The third kappa shape index (κ3) is 3.03. The number of fused-ring (bicyclic) bond motifs is 5. The predicted molar refractivity (Wildman–Crippen MR) is 128 cm³/mol. The van der Waals surface area contributed by atoms with Crippen LogP contribution in [0.15, 0.2) is 103 Å². The van der Waals surface area contributed by atoms with Crippen LogP contribution in [0.5, 0.6) is 11.5 Å². The molecule has 3 nitrogen and oxygen atoms in total. The first-order chi connectivity index (χ1) is 15.9. The van der Waals surface area contributed by atoms with Crippen LogP contribution >= 0.6 is 0 Å². The van der Waals surface area contributed by atoms with Gasteiger partial charge in [-0.2, -0.15) is 0 Å². The van der Waals surface area contributed by atoms with E-state index in [0.29, 0.717) is 0 Å². The molecule has 0 atom stereocenters. The van der Waals surface area contributed by atoms with Gasteiger partial charge in [0.05, 0.1) is 16.7 Å². The van der Waals surface area contributed by atoms with Crippen LogP contribution in [0.2, 0.25) is 0 Å². The van der Waals surface area contributed by atoms with Crippen LogP contribution in [0.25, 0.3) is 49.9 Å². The van der Waals surface area contributed by atoms with Crippen LogP contribution in [0, 0.1) is 6.07 Å². The topological polar surface area (TPSA) is 27.1 Å². The monoisotopic (exact) mass is 602 g/mol. The Labute approximate surface area is 204 Å². The van der Waals surface area contributed by atoms with Crippen molar-refractivity contribution in [1.82, 2.24) is 9.55 Å². The minimum atomic E-state index is 0. The van der Waals surface area contributed by atoms with Gasteiger partial charge in [0, 0.05) is 37.1 Å². The van der Waals surface area contributed by atoms with Crippen LogP contribution < -0.4 is 4.74 Å². The molecule has 4 heteroatoms. The van der Waals surface area contributed by atoms with Gasteiger partial charge in [0.15, 0.2) is 11.5 Å². The molecule has 0 amide bonds. The Balaban J connectivity index is 0.00000206. The molecule has 7 rings (SSSR count). The molecule has 0 spiro atoms. The molecular weight excluding hydrogens is 585 g/mol. The zero-order valence-corrected chi connectivity index (χ0v) is 19.8. The molecule has 33 heavy (non-hydrogen) atoms. The number of nitrogens with zero attached hydrogens (tertiary/aromatic N) is 2. The van der Waals surface area contributed by atoms with Crippen molar-refractivity contribution in [2.45, 2.75) is 0 Å². The largest absolute Gasteiger partial charge is 0.453 e. The summed E-state index contributed by atoms with van der Waals surface area (Å²) in [5.74, 6) is 1.78. The molecule has 0 bridgehead atoms. The predicted octanol–water partition coefficient (Wildman–Crippen LogP) is 7.42. The summed E-state index contributed by atoms with van der Waals surface area (Å²) >= 11 is 0. The maximum absolute atomic E-state index is 6.23. The van der Waals surface area contributed by atoms with Gasteiger partial charge >= 0.3 is 0 Å². The van der Waals surface area contributed by atoms with Crippen LogP contribution in [0.4, 0.5) is 0 Å². The van der Waals surface area contributed by atoms with Crippen LogP contribution in [-0.4, -0.2) is 9.55 Å². The van der Waals surface area contributed by atoms with E-state index in [1.807, 2.05) is 48.7 Å². The Kier molecular flexibility index (Phi) is 4.65. The fourth-order valence-electron chi connectivity index (χ4n) is 4.71. The van der Waals surface area contributed by atoms with E-state index >= 15 is 0 Å². The third-order valence-electron chi connectivity index (χ3n) is 6.15. The van der Waals surface area contributed by atoms with E-state index in [9.17, 15) is 0 Å². The first-order valence-electron chi connectivity index (χ1n) is 10.6. The zero-order chi connectivity index (χ0) is 21.1. The zero-order valence-electron chi connectivity index (χ0n) is 17.5. The fraction of sp³-hybridized carbons (Fsp3) is 0. The van der Waals surface area contributed by atoms with Gasteiger partial charge in [0.25, 0.3) is 0 Å². The molecule has 6 aromatic rings. The summed E-state index contributed by atoms with van der Waals surface area (Å²) < 4.78 is 8.55. The Bertz CT molecular complexity index is 1650. The van der Waals surface area contributed by atoms with Crippen molar-refractivity contribution in [1.29, 1.82) is 0 Å². The summed E-state index contributed by atoms with van der Waals surface area (Å²) in [6.45, 7) is 0. The Hall–Kier alpha value is -3.72. The molecule has 0 fully saturated rings. The van der Waals surface area contributed by atoms with Gasteiger partial charge in [-0.25, -0.2) is 0 Å². The van der Waals surface area contributed by atoms with E-state index < -0.39 is 0 Å². The molecule has 0 N–H and O–H groups in total. The summed E-state index contributed by atoms with van der Waals surface area (Å²) in [5, 5.41) is 2.41. The molecule has 0 saturated carbocycles. The standard InChI is InChI=1S/C29H17N2O.Ir/c1-2-12-27-26(11-1)31-25-15-14-20(18-23(25)22-9-6-13-28(32-27)29(22)31)19-7-5-8-21(17-19)24-10-3-4-16-30-24;/h1-7,9-18H;/q-1;. The number of ether oxygens (including phenoxy) is 1. The molecule has 0 saturated heterocycles. The summed E-state index contributed by atoms with van der Waals surface area (Å²) in [4.78, 5) is 4.48. The second kappa shape index (κ2) is 7.70. The maximum Gasteiger partial charge on any atom is 0.152 e. The summed E-state index contributed by atoms with van der Waals surface area (Å²) in [5.41, 5.74) is 7.61. The summed E-state index contributed by atoms with van der Waals surface area (Å²) in [6, 6.07) is 36.7. The van der Waals surface area contributed by atoms with Gasteiger partial charge in [0.1, 0.15) is 0 Å². The third-order valence-corrected chi connectivity index (χ3v) is 6.15. The second-order valence-corrected chi connectivity index (χ2v) is 8.00. The molecule has 3 heterocycles. The van der Waals surface area contributed by atoms with Crippen molar-refractivity contribution in [3.05, 3.63) is 109 Å². The molecule has 4 aromatic carbocycles. The normalized spacial score (nSPS) is 11.6. The van der Waals surface area contributed by atoms with Crippen molar-refractivity contribution in [2.75, 3.05) is 0 Å². The van der Waals surface area contributed by atoms with Crippen LogP contribution in [0.3, 0.4) is 0 Å². The number of benzene rings is 4. The second-order valence-electron chi connectivity index (χ2n) is 8.00. The van der Waals surface area contributed by atoms with E-state index in [1.165, 1.54) is 21.9 Å². The van der Waals surface area contributed by atoms with E-state index in [1.54, 1.807) is 0 Å². The average Bonchev–Trinajstić information content (AvgIpc) is 3.20. The number of aromatic nitrogens is 2. The van der Waals surface area contributed by atoms with Crippen LogP contribution in [-0.2, 0) is 20.1 Å². The molecule has 159 valence electrons. The van der Waals surface area contributed by atoms with E-state index in [-0.39, 0.29) is 20.1 Å². The minimum absolute atomic E-state index is 0. The van der Waals surface area contributed by atoms with Crippen molar-refractivity contribution in [3.8, 4) is 39.6 Å². The number of hydrogen-bond acceptors (Lipinski definition) is 2. The molecule has 1 aliphatic rings. The number of rotatable bonds is 2. The first-order valence-corrected chi connectivity index (χ1v) is 10.6. The molecule has 1 radical (unpaired) electrons. The van der Waals surface area contributed by atoms with Gasteiger partial charge in [0.2, 0.25) is 0 Å². The molecular formula is C29H17IrN2O-. The Morgan fingerprint density at radius 2 is 1.58 bits per heavy atom. The average molecular weight is 602 g/mol. The Morgan fingerprint density at radius 1 is 0.727 bits per heavy atom. The van der Waals surface area contributed by atoms with Gasteiger partial charge in [-0.05, 0) is 47.7 Å². The van der Waals surface area contributed by atoms with E-state index in [0.717, 1.165) is 39.5 Å².